The van der Waals surface area contributed by atoms with Crippen molar-refractivity contribution >= 4 is 57.0 Å². The zero-order valence-corrected chi connectivity index (χ0v) is 19.4. The second kappa shape index (κ2) is 9.71. The van der Waals surface area contributed by atoms with E-state index < -0.39 is 0 Å². The Bertz CT molecular complexity index is 1430. The zero-order chi connectivity index (χ0) is 23.5. The number of carbonyl (C=O) groups is 1. The number of rotatable bonds is 5. The predicted molar refractivity (Wildman–Crippen MR) is 137 cm³/mol. The number of hydrogen-bond acceptors (Lipinski definition) is 4. The molecule has 34 heavy (non-hydrogen) atoms. The highest BCUT2D eigenvalue weighted by Crippen LogP contribution is 2.35. The molecule has 1 heterocycles. The van der Waals surface area contributed by atoms with Crippen LogP contribution in [0.25, 0.3) is 16.8 Å². The Morgan fingerprint density at radius 3 is 2.53 bits per heavy atom. The van der Waals surface area contributed by atoms with Gasteiger partial charge in [0, 0.05) is 10.6 Å². The lowest BCUT2D eigenvalue weighted by molar-refractivity contribution is -0.115. The van der Waals surface area contributed by atoms with Crippen molar-refractivity contribution in [2.45, 2.75) is 6.61 Å². The van der Waals surface area contributed by atoms with Crippen molar-refractivity contribution < 1.29 is 13.9 Å². The van der Waals surface area contributed by atoms with Crippen molar-refractivity contribution in [3.8, 4) is 5.75 Å². The molecule has 0 unspecified atom stereocenters. The maximum absolute atomic E-state index is 13.2. The number of aliphatic imine (C=N–C) groups is 1. The zero-order valence-electron chi connectivity index (χ0n) is 17.8. The van der Waals surface area contributed by atoms with E-state index >= 15 is 0 Å². The first-order chi connectivity index (χ1) is 16.5. The summed E-state index contributed by atoms with van der Waals surface area (Å²) in [6.45, 7) is 0.275. The number of nitrogens with zero attached hydrogens (tertiary/aromatic N) is 1. The van der Waals surface area contributed by atoms with Gasteiger partial charge in [-0.1, -0.05) is 54.1 Å². The summed E-state index contributed by atoms with van der Waals surface area (Å²) in [6, 6.07) is 25.0. The molecule has 4 aromatic rings. The SMILES string of the molecule is O=C1NC(=Nc2ccc(Cl)cc2)S/C1=C\c1c(OCc2ccc(F)cc2)ccc2ccccc12. The molecule has 0 spiro atoms. The molecule has 7 heteroatoms. The molecule has 1 amide bonds. The second-order valence-corrected chi connectivity index (χ2v) is 9.04. The monoisotopic (exact) mass is 488 g/mol. The molecule has 4 aromatic carbocycles. The van der Waals surface area contributed by atoms with Crippen molar-refractivity contribution in [2.75, 3.05) is 0 Å². The number of thioether (sulfide) groups is 1. The highest BCUT2D eigenvalue weighted by Gasteiger charge is 2.25. The molecule has 0 bridgehead atoms. The van der Waals surface area contributed by atoms with Crippen LogP contribution in [0.2, 0.25) is 5.02 Å². The lowest BCUT2D eigenvalue weighted by atomic mass is 10.0. The normalized spacial score (nSPS) is 15.8. The fraction of sp³-hybridized carbons (Fsp3) is 0.0370. The summed E-state index contributed by atoms with van der Waals surface area (Å²) in [6.07, 6.45) is 1.83. The van der Waals surface area contributed by atoms with Gasteiger partial charge in [0.2, 0.25) is 0 Å². The summed E-state index contributed by atoms with van der Waals surface area (Å²) in [5.41, 5.74) is 2.34. The number of carbonyl (C=O) groups excluding carboxylic acids is 1. The topological polar surface area (TPSA) is 50.7 Å². The van der Waals surface area contributed by atoms with Gasteiger partial charge in [0.25, 0.3) is 5.91 Å². The predicted octanol–water partition coefficient (Wildman–Crippen LogP) is 7.10. The first-order valence-electron chi connectivity index (χ1n) is 10.5. The van der Waals surface area contributed by atoms with Crippen LogP contribution in [0.1, 0.15) is 11.1 Å². The number of amidine groups is 1. The number of fused-ring (bicyclic) bond motifs is 1. The third-order valence-corrected chi connectivity index (χ3v) is 6.38. The maximum atomic E-state index is 13.2. The maximum Gasteiger partial charge on any atom is 0.264 e. The van der Waals surface area contributed by atoms with E-state index in [2.05, 4.69) is 10.3 Å². The largest absolute Gasteiger partial charge is 0.488 e. The Balaban J connectivity index is 1.47. The van der Waals surface area contributed by atoms with E-state index in [1.807, 2.05) is 42.5 Å². The van der Waals surface area contributed by atoms with Gasteiger partial charge in [-0.25, -0.2) is 9.38 Å². The van der Waals surface area contributed by atoms with Crippen LogP contribution in [0.3, 0.4) is 0 Å². The minimum atomic E-state index is -0.291. The van der Waals surface area contributed by atoms with Gasteiger partial charge < -0.3 is 10.1 Å². The molecule has 1 saturated heterocycles. The molecule has 0 atom stereocenters. The van der Waals surface area contributed by atoms with Crippen LogP contribution in [0.5, 0.6) is 5.75 Å². The molecule has 0 radical (unpaired) electrons. The Morgan fingerprint density at radius 1 is 0.971 bits per heavy atom. The summed E-state index contributed by atoms with van der Waals surface area (Å²) in [4.78, 5) is 17.7. The number of nitrogens with one attached hydrogen (secondary N) is 1. The summed E-state index contributed by atoms with van der Waals surface area (Å²) in [7, 11) is 0. The van der Waals surface area contributed by atoms with Gasteiger partial charge in [-0.15, -0.1) is 0 Å². The smallest absolute Gasteiger partial charge is 0.264 e. The molecule has 1 fully saturated rings. The van der Waals surface area contributed by atoms with Crippen molar-refractivity contribution in [3.05, 3.63) is 112 Å². The summed E-state index contributed by atoms with van der Waals surface area (Å²) < 4.78 is 19.3. The fourth-order valence-corrected chi connectivity index (χ4v) is 4.49. The van der Waals surface area contributed by atoms with Crippen molar-refractivity contribution in [2.24, 2.45) is 4.99 Å². The molecular formula is C27H18ClFN2O2S. The summed E-state index contributed by atoms with van der Waals surface area (Å²) >= 11 is 7.20. The third kappa shape index (κ3) is 4.98. The van der Waals surface area contributed by atoms with E-state index in [1.54, 1.807) is 36.4 Å². The number of amides is 1. The molecule has 1 aliphatic rings. The number of benzene rings is 4. The van der Waals surface area contributed by atoms with Crippen LogP contribution in [-0.4, -0.2) is 11.1 Å². The number of hydrogen-bond donors (Lipinski definition) is 1. The van der Waals surface area contributed by atoms with E-state index in [0.717, 1.165) is 21.9 Å². The minimum Gasteiger partial charge on any atom is -0.488 e. The molecule has 5 rings (SSSR count). The number of ether oxygens (including phenoxy) is 1. The Kier molecular flexibility index (Phi) is 6.34. The van der Waals surface area contributed by atoms with Crippen molar-refractivity contribution in [1.29, 1.82) is 0 Å². The quantitative estimate of drug-likeness (QED) is 0.305. The van der Waals surface area contributed by atoms with Gasteiger partial charge in [0.15, 0.2) is 5.17 Å². The van der Waals surface area contributed by atoms with Crippen LogP contribution in [0.15, 0.2) is 94.8 Å². The van der Waals surface area contributed by atoms with Gasteiger partial charge in [-0.05, 0) is 76.6 Å². The van der Waals surface area contributed by atoms with Crippen molar-refractivity contribution in [3.63, 3.8) is 0 Å². The van der Waals surface area contributed by atoms with E-state index in [1.165, 1.54) is 23.9 Å². The van der Waals surface area contributed by atoms with Crippen LogP contribution in [-0.2, 0) is 11.4 Å². The summed E-state index contributed by atoms with van der Waals surface area (Å²) in [5, 5.41) is 5.92. The minimum absolute atomic E-state index is 0.227. The highest BCUT2D eigenvalue weighted by molar-refractivity contribution is 8.18. The third-order valence-electron chi connectivity index (χ3n) is 5.22. The van der Waals surface area contributed by atoms with Gasteiger partial charge in [-0.2, -0.15) is 0 Å². The summed E-state index contributed by atoms with van der Waals surface area (Å²) in [5.74, 6) is 0.113. The highest BCUT2D eigenvalue weighted by atomic mass is 35.5. The first-order valence-corrected chi connectivity index (χ1v) is 11.7. The van der Waals surface area contributed by atoms with Gasteiger partial charge in [0.05, 0.1) is 10.6 Å². The molecular weight excluding hydrogens is 471 g/mol. The molecule has 0 aliphatic carbocycles. The molecule has 1 aliphatic heterocycles. The average Bonchev–Trinajstić information content (AvgIpc) is 3.19. The van der Waals surface area contributed by atoms with Crippen LogP contribution in [0.4, 0.5) is 10.1 Å². The van der Waals surface area contributed by atoms with Gasteiger partial charge >= 0.3 is 0 Å². The fourth-order valence-electron chi connectivity index (χ4n) is 3.54. The van der Waals surface area contributed by atoms with Crippen LogP contribution < -0.4 is 10.1 Å². The average molecular weight is 489 g/mol. The molecule has 4 nitrogen and oxygen atoms in total. The van der Waals surface area contributed by atoms with E-state index in [-0.39, 0.29) is 18.3 Å². The lowest BCUT2D eigenvalue weighted by Gasteiger charge is -2.12. The van der Waals surface area contributed by atoms with Crippen LogP contribution in [0, 0.1) is 5.82 Å². The van der Waals surface area contributed by atoms with Gasteiger partial charge in [-0.3, -0.25) is 4.79 Å². The molecule has 0 aromatic heterocycles. The van der Waals surface area contributed by atoms with Crippen molar-refractivity contribution in [1.82, 2.24) is 5.32 Å². The standard InChI is InChI=1S/C27H18ClFN2O2S/c28-19-8-12-21(13-9-19)30-27-31-26(32)25(34-27)15-23-22-4-2-1-3-18(22)7-14-24(23)33-16-17-5-10-20(29)11-6-17/h1-15H,16H2,(H,30,31,32)/b25-15-. The number of halogens is 2. The van der Waals surface area contributed by atoms with E-state index in [4.69, 9.17) is 16.3 Å². The first kappa shape index (κ1) is 22.2. The van der Waals surface area contributed by atoms with E-state index in [0.29, 0.717) is 26.5 Å². The van der Waals surface area contributed by atoms with Crippen LogP contribution >= 0.6 is 23.4 Å². The lowest BCUT2D eigenvalue weighted by Crippen LogP contribution is -2.19. The Morgan fingerprint density at radius 2 is 1.74 bits per heavy atom. The molecule has 1 N–H and O–H groups in total. The van der Waals surface area contributed by atoms with Gasteiger partial charge in [0.1, 0.15) is 18.2 Å². The second-order valence-electron chi connectivity index (χ2n) is 7.57. The molecule has 0 saturated carbocycles. The molecule has 168 valence electrons. The Labute approximate surface area is 205 Å². The van der Waals surface area contributed by atoms with E-state index in [9.17, 15) is 9.18 Å². The Hall–Kier alpha value is -3.61.